The fraction of sp³-hybridized carbons (Fsp3) is 0.222. The van der Waals surface area contributed by atoms with Crippen LogP contribution in [0.25, 0.3) is 0 Å². The number of ketones is 1. The van der Waals surface area contributed by atoms with E-state index in [4.69, 9.17) is 17.2 Å². The average molecular weight is 179 g/mol. The number of nitrogens with two attached hydrogens (primary N) is 3. The lowest BCUT2D eigenvalue weighted by molar-refractivity contribution is 0.101. The van der Waals surface area contributed by atoms with E-state index in [1.807, 2.05) is 0 Å². The first kappa shape index (κ1) is 9.70. The van der Waals surface area contributed by atoms with E-state index in [9.17, 15) is 4.79 Å². The zero-order valence-corrected chi connectivity index (χ0v) is 7.45. The molecule has 0 spiro atoms. The summed E-state index contributed by atoms with van der Waals surface area (Å²) in [6, 6.07) is 4.93. The highest BCUT2D eigenvalue weighted by Gasteiger charge is 2.05. The van der Waals surface area contributed by atoms with Gasteiger partial charge in [-0.3, -0.25) is 4.79 Å². The summed E-state index contributed by atoms with van der Waals surface area (Å²) in [5.74, 6) is -0.0470. The molecule has 0 aliphatic heterocycles. The van der Waals surface area contributed by atoms with Crippen LogP contribution in [-0.4, -0.2) is 5.78 Å². The Balaban J connectivity index is 3.19. The Hall–Kier alpha value is -1.39. The van der Waals surface area contributed by atoms with Gasteiger partial charge in [-0.2, -0.15) is 0 Å². The molecule has 0 heterocycles. The second kappa shape index (κ2) is 3.55. The molecule has 1 aromatic rings. The number of hydrogen-bond donors (Lipinski definition) is 3. The van der Waals surface area contributed by atoms with Crippen molar-refractivity contribution in [3.8, 4) is 0 Å². The molecule has 6 N–H and O–H groups in total. The zero-order chi connectivity index (χ0) is 10.0. The quantitative estimate of drug-likeness (QED) is 0.347. The Bertz CT molecular complexity index is 334. The summed E-state index contributed by atoms with van der Waals surface area (Å²) in [6.45, 7) is 1.47. The lowest BCUT2D eigenvalue weighted by Crippen LogP contribution is -2.20. The van der Waals surface area contributed by atoms with Crippen molar-refractivity contribution in [2.45, 2.75) is 13.1 Å². The number of nitrogen functional groups attached to an aromatic ring is 1. The van der Waals surface area contributed by atoms with E-state index in [0.717, 1.165) is 0 Å². The normalized spacial score (nSPS) is 10.5. The van der Waals surface area contributed by atoms with Crippen LogP contribution in [0.5, 0.6) is 0 Å². The number of Topliss-reactive ketones (excluding diaryl/α,β-unsaturated/α-hetero) is 1. The molecule has 1 rings (SSSR count). The fourth-order valence-electron chi connectivity index (χ4n) is 1.07. The molecule has 70 valence electrons. The highest BCUT2D eigenvalue weighted by molar-refractivity contribution is 5.95. The first-order chi connectivity index (χ1) is 6.00. The van der Waals surface area contributed by atoms with Gasteiger partial charge in [-0.05, 0) is 30.7 Å². The van der Waals surface area contributed by atoms with Gasteiger partial charge >= 0.3 is 0 Å². The third-order valence-corrected chi connectivity index (χ3v) is 1.77. The Labute approximate surface area is 76.7 Å². The molecule has 4 nitrogen and oxygen atoms in total. The van der Waals surface area contributed by atoms with Crippen LogP contribution in [0, 0.1) is 0 Å². The first-order valence-electron chi connectivity index (χ1n) is 3.93. The van der Waals surface area contributed by atoms with Crippen LogP contribution in [0.15, 0.2) is 18.2 Å². The van der Waals surface area contributed by atoms with Gasteiger partial charge in [-0.25, -0.2) is 0 Å². The Morgan fingerprint density at radius 1 is 1.31 bits per heavy atom. The van der Waals surface area contributed by atoms with Gasteiger partial charge in [-0.15, -0.1) is 0 Å². The van der Waals surface area contributed by atoms with Crippen molar-refractivity contribution >= 4 is 11.5 Å². The maximum Gasteiger partial charge on any atom is 0.159 e. The molecule has 1 aromatic carbocycles. The molecular weight excluding hydrogens is 166 g/mol. The Kier molecular flexibility index (Phi) is 2.65. The van der Waals surface area contributed by atoms with Crippen LogP contribution >= 0.6 is 0 Å². The zero-order valence-electron chi connectivity index (χ0n) is 7.45. The van der Waals surface area contributed by atoms with Crippen LogP contribution in [0.4, 0.5) is 5.69 Å². The molecule has 0 aliphatic rings. The predicted octanol–water partition coefficient (Wildman–Crippen LogP) is 0.387. The molecule has 13 heavy (non-hydrogen) atoms. The molecule has 4 heteroatoms. The van der Waals surface area contributed by atoms with Crippen LogP contribution < -0.4 is 17.2 Å². The van der Waals surface area contributed by atoms with Crippen LogP contribution in [0.2, 0.25) is 0 Å². The van der Waals surface area contributed by atoms with Gasteiger partial charge in [0, 0.05) is 11.3 Å². The van der Waals surface area contributed by atoms with Gasteiger partial charge in [0.25, 0.3) is 0 Å². The minimum atomic E-state index is -0.596. The highest BCUT2D eigenvalue weighted by atomic mass is 16.1. The lowest BCUT2D eigenvalue weighted by atomic mass is 10.1. The van der Waals surface area contributed by atoms with E-state index in [1.165, 1.54) is 6.92 Å². The van der Waals surface area contributed by atoms with E-state index in [0.29, 0.717) is 16.8 Å². The van der Waals surface area contributed by atoms with Gasteiger partial charge in [0.15, 0.2) is 5.78 Å². The SMILES string of the molecule is CC(=O)c1cc(N)cc(C(N)N)c1. The van der Waals surface area contributed by atoms with E-state index < -0.39 is 6.17 Å². The first-order valence-corrected chi connectivity index (χ1v) is 3.93. The summed E-state index contributed by atoms with van der Waals surface area (Å²) in [5, 5.41) is 0. The number of rotatable bonds is 2. The van der Waals surface area contributed by atoms with Crippen molar-refractivity contribution in [3.05, 3.63) is 29.3 Å². The molecule has 0 saturated heterocycles. The van der Waals surface area contributed by atoms with Crippen LogP contribution in [-0.2, 0) is 0 Å². The summed E-state index contributed by atoms with van der Waals surface area (Å²) in [4.78, 5) is 11.0. The summed E-state index contributed by atoms with van der Waals surface area (Å²) in [6.07, 6.45) is -0.596. The summed E-state index contributed by atoms with van der Waals surface area (Å²) in [5.41, 5.74) is 18.2. The highest BCUT2D eigenvalue weighted by Crippen LogP contribution is 2.15. The van der Waals surface area contributed by atoms with Gasteiger partial charge in [0.1, 0.15) is 0 Å². The lowest BCUT2D eigenvalue weighted by Gasteiger charge is -2.08. The third-order valence-electron chi connectivity index (χ3n) is 1.77. The smallest absolute Gasteiger partial charge is 0.159 e. The van der Waals surface area contributed by atoms with Crippen molar-refractivity contribution in [1.82, 2.24) is 0 Å². The molecule has 0 aromatic heterocycles. The molecule has 0 amide bonds. The number of anilines is 1. The number of carbonyl (C=O) groups excluding carboxylic acids is 1. The van der Waals surface area contributed by atoms with Crippen LogP contribution in [0.3, 0.4) is 0 Å². The molecule has 0 saturated carbocycles. The topological polar surface area (TPSA) is 95.1 Å². The monoisotopic (exact) mass is 179 g/mol. The van der Waals surface area contributed by atoms with Gasteiger partial charge in [0.05, 0.1) is 6.17 Å². The van der Waals surface area contributed by atoms with E-state index in [-0.39, 0.29) is 5.78 Å². The third kappa shape index (κ3) is 2.27. The van der Waals surface area contributed by atoms with Crippen molar-refractivity contribution < 1.29 is 4.79 Å². The van der Waals surface area contributed by atoms with Crippen molar-refractivity contribution in [1.29, 1.82) is 0 Å². The van der Waals surface area contributed by atoms with Crippen LogP contribution in [0.1, 0.15) is 29.0 Å². The molecule has 0 radical (unpaired) electrons. The largest absolute Gasteiger partial charge is 0.399 e. The maximum atomic E-state index is 11.0. The van der Waals surface area contributed by atoms with Crippen molar-refractivity contribution in [2.75, 3.05) is 5.73 Å². The maximum absolute atomic E-state index is 11.0. The van der Waals surface area contributed by atoms with Gasteiger partial charge in [-0.1, -0.05) is 0 Å². The van der Waals surface area contributed by atoms with E-state index >= 15 is 0 Å². The number of benzene rings is 1. The average Bonchev–Trinajstić information content (AvgIpc) is 2.03. The summed E-state index contributed by atoms with van der Waals surface area (Å²) in [7, 11) is 0. The van der Waals surface area contributed by atoms with Crippen molar-refractivity contribution in [3.63, 3.8) is 0 Å². The Morgan fingerprint density at radius 3 is 2.38 bits per heavy atom. The summed E-state index contributed by atoms with van der Waals surface area (Å²) < 4.78 is 0. The number of carbonyl (C=O) groups is 1. The number of hydrogen-bond acceptors (Lipinski definition) is 4. The molecule has 0 aliphatic carbocycles. The molecule has 0 atom stereocenters. The molecule has 0 fully saturated rings. The molecule has 0 bridgehead atoms. The minimum absolute atomic E-state index is 0.0470. The second-order valence-electron chi connectivity index (χ2n) is 2.97. The minimum Gasteiger partial charge on any atom is -0.399 e. The standard InChI is InChI=1S/C9H13N3O/c1-5(13)6-2-7(9(11)12)4-8(10)3-6/h2-4,9H,10-12H2,1H3. The second-order valence-corrected chi connectivity index (χ2v) is 2.97. The predicted molar refractivity (Wildman–Crippen MR) is 52.0 cm³/mol. The van der Waals surface area contributed by atoms with Gasteiger partial charge < -0.3 is 17.2 Å². The van der Waals surface area contributed by atoms with Crippen molar-refractivity contribution in [2.24, 2.45) is 11.5 Å². The molecular formula is C9H13N3O. The van der Waals surface area contributed by atoms with Gasteiger partial charge in [0.2, 0.25) is 0 Å². The summed E-state index contributed by atoms with van der Waals surface area (Å²) >= 11 is 0. The van der Waals surface area contributed by atoms with E-state index in [1.54, 1.807) is 18.2 Å². The fourth-order valence-corrected chi connectivity index (χ4v) is 1.07. The van der Waals surface area contributed by atoms with E-state index in [2.05, 4.69) is 0 Å². The molecule has 0 unspecified atom stereocenters. The Morgan fingerprint density at radius 2 is 1.92 bits per heavy atom.